The van der Waals surface area contributed by atoms with Crippen LogP contribution in [0.3, 0.4) is 0 Å². The van der Waals surface area contributed by atoms with Crippen LogP contribution in [0.1, 0.15) is 5.69 Å². The van der Waals surface area contributed by atoms with Crippen LogP contribution in [0, 0.1) is 6.92 Å². The molecule has 0 fully saturated rings. The minimum absolute atomic E-state index is 0.0819. The van der Waals surface area contributed by atoms with E-state index in [1.807, 2.05) is 50.2 Å². The lowest BCUT2D eigenvalue weighted by Crippen LogP contribution is -2.27. The van der Waals surface area contributed by atoms with E-state index < -0.39 is 0 Å². The first-order chi connectivity index (χ1) is 11.4. The molecule has 0 radical (unpaired) electrons. The highest BCUT2D eigenvalue weighted by Gasteiger charge is 2.10. The Morgan fingerprint density at radius 2 is 2.00 bits per heavy atom. The molecule has 0 aliphatic heterocycles. The minimum Gasteiger partial charge on any atom is -0.378 e. The number of aromatic amines is 1. The molecule has 1 aromatic carbocycles. The molecule has 0 bridgehead atoms. The summed E-state index contributed by atoms with van der Waals surface area (Å²) < 4.78 is 1.30. The molecule has 7 nitrogen and oxygen atoms in total. The fraction of sp³-hybridized carbons (Fsp3) is 0.235. The molecule has 0 spiro atoms. The molecule has 1 amide bonds. The number of fused-ring (bicyclic) bond motifs is 1. The normalized spacial score (nSPS) is 10.8. The van der Waals surface area contributed by atoms with E-state index >= 15 is 0 Å². The smallest absolute Gasteiger partial charge is 0.263 e. The van der Waals surface area contributed by atoms with Gasteiger partial charge in [0.15, 0.2) is 0 Å². The second-order valence-corrected chi connectivity index (χ2v) is 5.88. The highest BCUT2D eigenvalue weighted by atomic mass is 16.2. The minimum atomic E-state index is -0.275. The molecular formula is C17H19N5O2. The maximum absolute atomic E-state index is 12.4. The summed E-state index contributed by atoms with van der Waals surface area (Å²) in [5.74, 6) is -0.275. The lowest BCUT2D eigenvalue weighted by Gasteiger charge is -2.13. The zero-order valence-electron chi connectivity index (χ0n) is 13.8. The Bertz CT molecular complexity index is 938. The van der Waals surface area contributed by atoms with Crippen molar-refractivity contribution in [3.8, 4) is 0 Å². The highest BCUT2D eigenvalue weighted by molar-refractivity contribution is 5.90. The van der Waals surface area contributed by atoms with Crippen LogP contribution in [-0.4, -0.2) is 34.5 Å². The zero-order chi connectivity index (χ0) is 17.3. The second-order valence-electron chi connectivity index (χ2n) is 5.88. The highest BCUT2D eigenvalue weighted by Crippen LogP contribution is 2.15. The van der Waals surface area contributed by atoms with E-state index in [-0.39, 0.29) is 18.0 Å². The van der Waals surface area contributed by atoms with Crippen molar-refractivity contribution in [3.63, 3.8) is 0 Å². The third-order valence-corrected chi connectivity index (χ3v) is 3.73. The number of aromatic nitrogens is 3. The van der Waals surface area contributed by atoms with Crippen LogP contribution in [0.2, 0.25) is 0 Å². The monoisotopic (exact) mass is 325 g/mol. The quantitative estimate of drug-likeness (QED) is 0.765. The molecule has 3 aromatic rings. The number of hydrogen-bond acceptors (Lipinski definition) is 4. The number of nitrogens with zero attached hydrogens (tertiary/aromatic N) is 3. The number of anilines is 2. The molecule has 2 heterocycles. The molecule has 7 heteroatoms. The van der Waals surface area contributed by atoms with Gasteiger partial charge in [-0.3, -0.25) is 14.2 Å². The van der Waals surface area contributed by atoms with E-state index in [9.17, 15) is 9.59 Å². The number of H-pyrrole nitrogens is 1. The first kappa shape index (κ1) is 15.8. The first-order valence-corrected chi connectivity index (χ1v) is 7.56. The lowest BCUT2D eigenvalue weighted by atomic mass is 10.2. The standard InChI is InChI=1S/C17H19N5O2/c1-11-8-14-16(19-11)18-10-22(17(14)24)9-15(23)20-12-4-6-13(7-5-12)21(2)3/h4-8,10,19H,9H2,1-3H3,(H,20,23). The number of rotatable bonds is 4. The zero-order valence-corrected chi connectivity index (χ0v) is 13.8. The van der Waals surface area contributed by atoms with Gasteiger partial charge in [0.2, 0.25) is 5.91 Å². The number of benzene rings is 1. The first-order valence-electron chi connectivity index (χ1n) is 7.56. The Balaban J connectivity index is 1.75. The fourth-order valence-electron chi connectivity index (χ4n) is 2.49. The molecule has 24 heavy (non-hydrogen) atoms. The van der Waals surface area contributed by atoms with Gasteiger partial charge in [0.25, 0.3) is 5.56 Å². The molecule has 2 aromatic heterocycles. The van der Waals surface area contributed by atoms with Gasteiger partial charge in [0.05, 0.1) is 5.39 Å². The summed E-state index contributed by atoms with van der Waals surface area (Å²) in [6.45, 7) is 1.77. The van der Waals surface area contributed by atoms with Crippen LogP contribution >= 0.6 is 0 Å². The van der Waals surface area contributed by atoms with E-state index in [1.165, 1.54) is 10.9 Å². The molecule has 0 saturated carbocycles. The van der Waals surface area contributed by atoms with Crippen molar-refractivity contribution in [2.24, 2.45) is 0 Å². The van der Waals surface area contributed by atoms with Gasteiger partial charge in [-0.2, -0.15) is 0 Å². The number of carbonyl (C=O) groups excluding carboxylic acids is 1. The van der Waals surface area contributed by atoms with E-state index in [4.69, 9.17) is 0 Å². The molecule has 0 atom stereocenters. The van der Waals surface area contributed by atoms with Crippen molar-refractivity contribution in [1.29, 1.82) is 0 Å². The van der Waals surface area contributed by atoms with E-state index in [0.29, 0.717) is 16.7 Å². The Morgan fingerprint density at radius 3 is 2.67 bits per heavy atom. The second kappa shape index (κ2) is 6.19. The van der Waals surface area contributed by atoms with Crippen molar-refractivity contribution < 1.29 is 4.79 Å². The predicted molar refractivity (Wildman–Crippen MR) is 94.5 cm³/mol. The third kappa shape index (κ3) is 3.15. The fourth-order valence-corrected chi connectivity index (χ4v) is 2.49. The third-order valence-electron chi connectivity index (χ3n) is 3.73. The maximum atomic E-state index is 12.4. The summed E-state index contributed by atoms with van der Waals surface area (Å²) in [6.07, 6.45) is 1.38. The number of aryl methyl sites for hydroxylation is 1. The maximum Gasteiger partial charge on any atom is 0.263 e. The summed E-state index contributed by atoms with van der Waals surface area (Å²) in [7, 11) is 3.90. The lowest BCUT2D eigenvalue weighted by molar-refractivity contribution is -0.116. The van der Waals surface area contributed by atoms with Gasteiger partial charge in [-0.25, -0.2) is 4.98 Å². The van der Waals surface area contributed by atoms with Crippen LogP contribution in [0.15, 0.2) is 41.5 Å². The average Bonchev–Trinajstić information content (AvgIpc) is 2.92. The van der Waals surface area contributed by atoms with Crippen molar-refractivity contribution in [2.75, 3.05) is 24.3 Å². The number of nitrogens with one attached hydrogen (secondary N) is 2. The Kier molecular flexibility index (Phi) is 4.07. The summed E-state index contributed by atoms with van der Waals surface area (Å²) in [5, 5.41) is 3.27. The molecule has 0 aliphatic rings. The SMILES string of the molecule is Cc1cc2c(=O)n(CC(=O)Nc3ccc(N(C)C)cc3)cnc2[nH]1. The van der Waals surface area contributed by atoms with Crippen LogP contribution < -0.4 is 15.8 Å². The number of carbonyl (C=O) groups is 1. The Labute approximate surface area is 138 Å². The van der Waals surface area contributed by atoms with E-state index in [2.05, 4.69) is 15.3 Å². The van der Waals surface area contributed by atoms with Gasteiger partial charge in [0.1, 0.15) is 18.5 Å². The van der Waals surface area contributed by atoms with Crippen LogP contribution in [-0.2, 0) is 11.3 Å². The molecule has 0 aliphatic carbocycles. The van der Waals surface area contributed by atoms with Gasteiger partial charge in [-0.05, 0) is 37.3 Å². The summed E-state index contributed by atoms with van der Waals surface area (Å²) >= 11 is 0. The van der Waals surface area contributed by atoms with Crippen molar-refractivity contribution in [1.82, 2.24) is 14.5 Å². The molecule has 124 valence electrons. The molecule has 0 unspecified atom stereocenters. The number of hydrogen-bond donors (Lipinski definition) is 2. The largest absolute Gasteiger partial charge is 0.378 e. The van der Waals surface area contributed by atoms with Gasteiger partial charge < -0.3 is 15.2 Å². The predicted octanol–water partition coefficient (Wildman–Crippen LogP) is 1.74. The van der Waals surface area contributed by atoms with Crippen molar-refractivity contribution in [2.45, 2.75) is 13.5 Å². The summed E-state index contributed by atoms with van der Waals surface area (Å²) in [6, 6.07) is 9.22. The summed E-state index contributed by atoms with van der Waals surface area (Å²) in [5.41, 5.74) is 2.89. The van der Waals surface area contributed by atoms with Crippen molar-refractivity contribution >= 4 is 28.3 Å². The topological polar surface area (TPSA) is 83.0 Å². The van der Waals surface area contributed by atoms with Crippen molar-refractivity contribution in [3.05, 3.63) is 52.7 Å². The molecule has 2 N–H and O–H groups in total. The Hall–Kier alpha value is -3.09. The van der Waals surface area contributed by atoms with Crippen LogP contribution in [0.25, 0.3) is 11.0 Å². The summed E-state index contributed by atoms with van der Waals surface area (Å²) in [4.78, 5) is 33.7. The van der Waals surface area contributed by atoms with Gasteiger partial charge >= 0.3 is 0 Å². The molecular weight excluding hydrogens is 306 g/mol. The molecule has 3 rings (SSSR count). The molecule has 0 saturated heterocycles. The average molecular weight is 325 g/mol. The Morgan fingerprint density at radius 1 is 1.29 bits per heavy atom. The van der Waals surface area contributed by atoms with Crippen LogP contribution in [0.5, 0.6) is 0 Å². The van der Waals surface area contributed by atoms with Gasteiger partial charge in [0, 0.05) is 31.2 Å². The van der Waals surface area contributed by atoms with Gasteiger partial charge in [-0.1, -0.05) is 0 Å². The number of amides is 1. The van der Waals surface area contributed by atoms with E-state index in [1.54, 1.807) is 6.07 Å². The van der Waals surface area contributed by atoms with E-state index in [0.717, 1.165) is 11.4 Å². The van der Waals surface area contributed by atoms with Crippen LogP contribution in [0.4, 0.5) is 11.4 Å². The van der Waals surface area contributed by atoms with Gasteiger partial charge in [-0.15, -0.1) is 0 Å².